The van der Waals surface area contributed by atoms with Crippen LogP contribution in [0.1, 0.15) is 29.0 Å². The summed E-state index contributed by atoms with van der Waals surface area (Å²) >= 11 is 0. The molecule has 1 aliphatic heterocycles. The topological polar surface area (TPSA) is 62.5 Å². The number of hydrogen-bond donors (Lipinski definition) is 2. The van der Waals surface area contributed by atoms with Crippen molar-refractivity contribution in [2.75, 3.05) is 0 Å². The van der Waals surface area contributed by atoms with Crippen molar-refractivity contribution in [2.45, 2.75) is 12.3 Å². The van der Waals surface area contributed by atoms with Gasteiger partial charge in [-0.1, -0.05) is 109 Å². The van der Waals surface area contributed by atoms with Crippen LogP contribution in [0.5, 0.6) is 0 Å². The van der Waals surface area contributed by atoms with Crippen LogP contribution >= 0.6 is 0 Å². The predicted molar refractivity (Wildman–Crippen MR) is 193 cm³/mol. The molecule has 3 heterocycles. The maximum atomic E-state index is 6.21. The normalized spacial score (nSPS) is 16.7. The largest absolute Gasteiger partial charge is 0.454 e. The number of nitrogens with one attached hydrogen (secondary N) is 2. The molecule has 0 bridgehead atoms. The van der Waals surface area contributed by atoms with E-state index in [1.807, 2.05) is 30.5 Å². The number of benzene rings is 7. The number of fused-ring (bicyclic) bond motifs is 9. The molecule has 2 atom stereocenters. The lowest BCUT2D eigenvalue weighted by Crippen LogP contribution is -2.45. The smallest absolute Gasteiger partial charge is 0.153 e. The summed E-state index contributed by atoms with van der Waals surface area (Å²) in [5, 5.41) is 18.4. The molecule has 0 saturated carbocycles. The van der Waals surface area contributed by atoms with Gasteiger partial charge in [-0.05, 0) is 84.5 Å². The molecule has 0 spiro atoms. The van der Waals surface area contributed by atoms with Crippen LogP contribution in [0.15, 0.2) is 155 Å². The Kier molecular flexibility index (Phi) is 5.71. The van der Waals surface area contributed by atoms with Crippen molar-refractivity contribution >= 4 is 71.0 Å². The highest BCUT2D eigenvalue weighted by Gasteiger charge is 2.28. The zero-order valence-electron chi connectivity index (χ0n) is 25.3. The Morgan fingerprint density at radius 1 is 0.532 bits per heavy atom. The van der Waals surface area contributed by atoms with E-state index in [-0.39, 0.29) is 12.3 Å². The van der Waals surface area contributed by atoms with Crippen LogP contribution in [0.2, 0.25) is 0 Å². The molecule has 2 aromatic heterocycles. The van der Waals surface area contributed by atoms with E-state index in [0.29, 0.717) is 0 Å². The van der Waals surface area contributed by atoms with Crippen LogP contribution < -0.4 is 10.6 Å². The Bertz CT molecular complexity index is 2730. The first kappa shape index (κ1) is 26.2. The van der Waals surface area contributed by atoms with E-state index < -0.39 is 0 Å². The second-order valence-electron chi connectivity index (χ2n) is 12.3. The highest BCUT2D eigenvalue weighted by Crippen LogP contribution is 2.36. The predicted octanol–water partition coefficient (Wildman–Crippen LogP) is 9.93. The second kappa shape index (κ2) is 10.2. The number of hydrogen-bond acceptors (Lipinski definition) is 5. The van der Waals surface area contributed by atoms with Crippen LogP contribution in [0.3, 0.4) is 0 Å². The average molecular weight is 605 g/mol. The molecular weight excluding hydrogens is 576 g/mol. The minimum absolute atomic E-state index is 0.185. The van der Waals surface area contributed by atoms with Crippen LogP contribution in [-0.4, -0.2) is 10.8 Å². The zero-order valence-corrected chi connectivity index (χ0v) is 25.3. The molecule has 7 aromatic carbocycles. The van der Waals surface area contributed by atoms with Gasteiger partial charge in [0.25, 0.3) is 0 Å². The molecule has 2 unspecified atom stereocenters. The van der Waals surface area contributed by atoms with E-state index in [1.165, 1.54) is 43.1 Å². The Balaban J connectivity index is 1.15. The molecule has 2 N–H and O–H groups in total. The number of amidine groups is 1. The zero-order chi connectivity index (χ0) is 30.9. The van der Waals surface area contributed by atoms with Gasteiger partial charge in [-0.15, -0.1) is 0 Å². The molecule has 5 nitrogen and oxygen atoms in total. The van der Waals surface area contributed by atoms with Gasteiger partial charge >= 0.3 is 0 Å². The fraction of sp³-hybridized carbons (Fsp3) is 0.0476. The summed E-state index contributed by atoms with van der Waals surface area (Å²) in [5.41, 5.74) is 5.61. The second-order valence-corrected chi connectivity index (χ2v) is 12.3. The maximum absolute atomic E-state index is 6.21. The summed E-state index contributed by atoms with van der Waals surface area (Å²) in [6.45, 7) is 0. The number of rotatable bonds is 3. The average Bonchev–Trinajstić information content (AvgIpc) is 3.53. The molecule has 0 saturated heterocycles. The third-order valence-corrected chi connectivity index (χ3v) is 9.54. The van der Waals surface area contributed by atoms with Crippen molar-refractivity contribution in [1.29, 1.82) is 0 Å². The van der Waals surface area contributed by atoms with Gasteiger partial charge in [0.2, 0.25) is 0 Å². The van der Waals surface area contributed by atoms with E-state index in [2.05, 4.69) is 126 Å². The minimum atomic E-state index is -0.295. The van der Waals surface area contributed by atoms with Crippen molar-refractivity contribution < 1.29 is 4.42 Å². The fourth-order valence-electron chi connectivity index (χ4n) is 7.29. The Labute approximate surface area is 270 Å². The quantitative estimate of drug-likeness (QED) is 0.197. The third kappa shape index (κ3) is 4.21. The minimum Gasteiger partial charge on any atom is -0.454 e. The molecule has 222 valence electrons. The lowest BCUT2D eigenvalue weighted by molar-refractivity contribution is 0.409. The highest BCUT2D eigenvalue weighted by atomic mass is 16.3. The van der Waals surface area contributed by atoms with E-state index in [1.54, 1.807) is 0 Å². The highest BCUT2D eigenvalue weighted by molar-refractivity contribution is 6.20. The monoisotopic (exact) mass is 604 g/mol. The first-order chi connectivity index (χ1) is 23.3. The van der Waals surface area contributed by atoms with E-state index in [4.69, 9.17) is 14.4 Å². The molecule has 0 radical (unpaired) electrons. The van der Waals surface area contributed by atoms with Crippen molar-refractivity contribution in [3.8, 4) is 0 Å². The lowest BCUT2D eigenvalue weighted by atomic mass is 9.95. The molecule has 10 rings (SSSR count). The van der Waals surface area contributed by atoms with Gasteiger partial charge in [0.05, 0.1) is 5.39 Å². The Hall–Kier alpha value is -6.04. The number of furan rings is 1. The molecule has 0 aliphatic carbocycles. The maximum Gasteiger partial charge on any atom is 0.153 e. The lowest BCUT2D eigenvalue weighted by Gasteiger charge is -2.32. The fourth-order valence-corrected chi connectivity index (χ4v) is 7.29. The SMILES string of the molecule is c1ccc2cc(C3NC(c4cccc5oc6cccnc6c45)=NC(c4ccc5c(ccc6ccc7ccccc7c65)c4)N3)ccc2c1. The molecule has 0 fully saturated rings. The van der Waals surface area contributed by atoms with E-state index in [9.17, 15) is 0 Å². The van der Waals surface area contributed by atoms with Crippen molar-refractivity contribution in [1.82, 2.24) is 15.6 Å². The van der Waals surface area contributed by atoms with Gasteiger partial charge in [0, 0.05) is 11.8 Å². The molecule has 47 heavy (non-hydrogen) atoms. The summed E-state index contributed by atoms with van der Waals surface area (Å²) in [6, 6.07) is 49.4. The van der Waals surface area contributed by atoms with E-state index >= 15 is 0 Å². The van der Waals surface area contributed by atoms with Crippen molar-refractivity contribution in [3.63, 3.8) is 0 Å². The van der Waals surface area contributed by atoms with Crippen LogP contribution in [0, 0.1) is 0 Å². The summed E-state index contributed by atoms with van der Waals surface area (Å²) in [6.07, 6.45) is 1.33. The third-order valence-electron chi connectivity index (χ3n) is 9.54. The number of aromatic nitrogens is 1. The summed E-state index contributed by atoms with van der Waals surface area (Å²) < 4.78 is 6.21. The standard InChI is InChI=1S/C42H28N4O/c1-2-9-28-23-30(19-14-25(28)7-1)40-44-41(46-42(45-40)34-11-5-12-35-38(34)39-36(47-35)13-6-22-43-39)31-20-21-33-29(24-31)18-17-27-16-15-26-8-3-4-10-32(26)37(27)33/h1-24,40-41,44H,(H,45,46). The molecular formula is C42H28N4O. The van der Waals surface area contributed by atoms with Gasteiger partial charge < -0.3 is 9.73 Å². The van der Waals surface area contributed by atoms with Gasteiger partial charge in [-0.3, -0.25) is 10.3 Å². The first-order valence-corrected chi connectivity index (χ1v) is 16.0. The molecule has 5 heteroatoms. The van der Waals surface area contributed by atoms with Crippen molar-refractivity contribution in [2.24, 2.45) is 4.99 Å². The Morgan fingerprint density at radius 3 is 2.19 bits per heavy atom. The number of nitrogens with zero attached hydrogens (tertiary/aromatic N) is 2. The molecule has 0 amide bonds. The molecule has 1 aliphatic rings. The Morgan fingerprint density at radius 2 is 1.26 bits per heavy atom. The van der Waals surface area contributed by atoms with Crippen LogP contribution in [0.4, 0.5) is 0 Å². The number of pyridine rings is 1. The van der Waals surface area contributed by atoms with E-state index in [0.717, 1.165) is 44.6 Å². The van der Waals surface area contributed by atoms with Crippen molar-refractivity contribution in [3.05, 3.63) is 162 Å². The summed E-state index contributed by atoms with van der Waals surface area (Å²) in [5.74, 6) is 0.801. The first-order valence-electron chi connectivity index (χ1n) is 16.0. The summed E-state index contributed by atoms with van der Waals surface area (Å²) in [4.78, 5) is 10.0. The van der Waals surface area contributed by atoms with Crippen LogP contribution in [0.25, 0.3) is 65.2 Å². The van der Waals surface area contributed by atoms with Gasteiger partial charge in [0.1, 0.15) is 29.3 Å². The van der Waals surface area contributed by atoms with Crippen LogP contribution in [-0.2, 0) is 0 Å². The van der Waals surface area contributed by atoms with Gasteiger partial charge in [0.15, 0.2) is 5.58 Å². The van der Waals surface area contributed by atoms with Gasteiger partial charge in [-0.2, -0.15) is 0 Å². The van der Waals surface area contributed by atoms with Gasteiger partial charge in [-0.25, -0.2) is 4.99 Å². The molecule has 9 aromatic rings. The number of aliphatic imine (C=N–C) groups is 1. The summed E-state index contributed by atoms with van der Waals surface area (Å²) in [7, 11) is 0.